The molecule has 6 heteroatoms. The van der Waals surface area contributed by atoms with E-state index in [9.17, 15) is 13.6 Å². The highest BCUT2D eigenvalue weighted by molar-refractivity contribution is 9.08. The maximum absolute atomic E-state index is 12.7. The van der Waals surface area contributed by atoms with Gasteiger partial charge in [-0.3, -0.25) is 0 Å². The zero-order valence-electron chi connectivity index (χ0n) is 9.54. The van der Waals surface area contributed by atoms with E-state index in [-0.39, 0.29) is 28.6 Å². The fourth-order valence-electron chi connectivity index (χ4n) is 1.45. The lowest BCUT2D eigenvalue weighted by Gasteiger charge is -2.11. The molecule has 0 radical (unpaired) electrons. The number of hydrogen-bond donors (Lipinski definition) is 0. The van der Waals surface area contributed by atoms with Gasteiger partial charge in [-0.1, -0.05) is 15.9 Å². The lowest BCUT2D eigenvalue weighted by molar-refractivity contribution is 0.0525. The minimum atomic E-state index is -2.74. The van der Waals surface area contributed by atoms with E-state index in [2.05, 4.69) is 15.9 Å². The smallest absolute Gasteiger partial charge is 0.338 e. The van der Waals surface area contributed by atoms with Gasteiger partial charge in [0.15, 0.2) is 0 Å². The molecule has 0 N–H and O–H groups in total. The van der Waals surface area contributed by atoms with Gasteiger partial charge in [-0.2, -0.15) is 5.26 Å². The Labute approximate surface area is 111 Å². The number of ether oxygens (including phenoxy) is 1. The Balaban J connectivity index is 3.41. The molecular formula is C12H10BrF2NO2. The van der Waals surface area contributed by atoms with E-state index in [4.69, 9.17) is 10.00 Å². The highest BCUT2D eigenvalue weighted by Crippen LogP contribution is 2.27. The Morgan fingerprint density at radius 3 is 2.67 bits per heavy atom. The van der Waals surface area contributed by atoms with Crippen LogP contribution in [0.2, 0.25) is 0 Å². The fraction of sp³-hybridized carbons (Fsp3) is 0.333. The molecule has 0 atom stereocenters. The molecule has 0 aliphatic heterocycles. The molecule has 0 fully saturated rings. The van der Waals surface area contributed by atoms with Crippen molar-refractivity contribution in [3.63, 3.8) is 0 Å². The molecule has 0 saturated heterocycles. The number of halogens is 3. The molecule has 1 aromatic rings. The molecule has 0 aliphatic carbocycles. The summed E-state index contributed by atoms with van der Waals surface area (Å²) in [5, 5.41) is 9.14. The Morgan fingerprint density at radius 2 is 2.22 bits per heavy atom. The third-order valence-corrected chi connectivity index (χ3v) is 2.83. The summed E-state index contributed by atoms with van der Waals surface area (Å²) in [5.74, 6) is -0.703. The van der Waals surface area contributed by atoms with Gasteiger partial charge in [-0.15, -0.1) is 0 Å². The third-order valence-electron chi connectivity index (χ3n) is 2.27. The molecule has 0 spiro atoms. The first-order valence-electron chi connectivity index (χ1n) is 5.13. The van der Waals surface area contributed by atoms with Crippen molar-refractivity contribution >= 4 is 21.9 Å². The largest absolute Gasteiger partial charge is 0.462 e. The van der Waals surface area contributed by atoms with Gasteiger partial charge in [0.25, 0.3) is 6.43 Å². The van der Waals surface area contributed by atoms with Gasteiger partial charge in [0.1, 0.15) is 0 Å². The SMILES string of the molecule is CCOC(=O)c1cc(C(F)F)cc(C#N)c1CBr. The first-order chi connectivity index (χ1) is 8.54. The van der Waals surface area contributed by atoms with E-state index in [1.165, 1.54) is 0 Å². The number of carbonyl (C=O) groups excluding carboxylic acids is 1. The van der Waals surface area contributed by atoms with Gasteiger partial charge in [-0.25, -0.2) is 13.6 Å². The lowest BCUT2D eigenvalue weighted by atomic mass is 9.99. The zero-order chi connectivity index (χ0) is 13.7. The number of benzene rings is 1. The van der Waals surface area contributed by atoms with Crippen LogP contribution in [-0.4, -0.2) is 12.6 Å². The monoisotopic (exact) mass is 317 g/mol. The lowest BCUT2D eigenvalue weighted by Crippen LogP contribution is -2.10. The third kappa shape index (κ3) is 3.05. The van der Waals surface area contributed by atoms with Gasteiger partial charge in [0.2, 0.25) is 0 Å². The molecular weight excluding hydrogens is 308 g/mol. The van der Waals surface area contributed by atoms with Crippen LogP contribution in [0.5, 0.6) is 0 Å². The molecule has 0 aromatic heterocycles. The number of rotatable bonds is 4. The van der Waals surface area contributed by atoms with Crippen LogP contribution in [0.25, 0.3) is 0 Å². The number of hydrogen-bond acceptors (Lipinski definition) is 3. The van der Waals surface area contributed by atoms with Crippen LogP contribution in [0.1, 0.15) is 40.4 Å². The van der Waals surface area contributed by atoms with E-state index in [0.717, 1.165) is 12.1 Å². The number of nitriles is 1. The molecule has 1 rings (SSSR count). The van der Waals surface area contributed by atoms with Crippen LogP contribution in [0.3, 0.4) is 0 Å². The first kappa shape index (κ1) is 14.6. The van der Waals surface area contributed by atoms with Crippen molar-refractivity contribution in [2.75, 3.05) is 6.61 Å². The van der Waals surface area contributed by atoms with E-state index in [0.29, 0.717) is 5.56 Å². The topological polar surface area (TPSA) is 50.1 Å². The quantitative estimate of drug-likeness (QED) is 0.630. The number of nitrogens with zero attached hydrogens (tertiary/aromatic N) is 1. The van der Waals surface area contributed by atoms with Crippen LogP contribution in [0.15, 0.2) is 12.1 Å². The van der Waals surface area contributed by atoms with Crippen LogP contribution in [0, 0.1) is 11.3 Å². The minimum Gasteiger partial charge on any atom is -0.462 e. The molecule has 18 heavy (non-hydrogen) atoms. The number of esters is 1. The van der Waals surface area contributed by atoms with E-state index in [1.807, 2.05) is 6.07 Å². The molecule has 0 bridgehead atoms. The van der Waals surface area contributed by atoms with Gasteiger partial charge in [0.05, 0.1) is 23.8 Å². The fourth-order valence-corrected chi connectivity index (χ4v) is 2.06. The van der Waals surface area contributed by atoms with Crippen LogP contribution in [-0.2, 0) is 10.1 Å². The van der Waals surface area contributed by atoms with Gasteiger partial charge < -0.3 is 4.74 Å². The number of alkyl halides is 3. The molecule has 0 amide bonds. The summed E-state index contributed by atoms with van der Waals surface area (Å²) in [6.07, 6.45) is -2.74. The van der Waals surface area contributed by atoms with Crippen molar-refractivity contribution in [3.8, 4) is 6.07 Å². The summed E-state index contributed by atoms with van der Waals surface area (Å²) in [4.78, 5) is 11.7. The van der Waals surface area contributed by atoms with Gasteiger partial charge >= 0.3 is 5.97 Å². The van der Waals surface area contributed by atoms with E-state index in [1.54, 1.807) is 6.92 Å². The molecule has 96 valence electrons. The van der Waals surface area contributed by atoms with Crippen molar-refractivity contribution in [1.29, 1.82) is 5.26 Å². The summed E-state index contributed by atoms with van der Waals surface area (Å²) < 4.78 is 30.1. The average Bonchev–Trinajstić information content (AvgIpc) is 2.37. The van der Waals surface area contributed by atoms with Crippen molar-refractivity contribution in [2.24, 2.45) is 0 Å². The molecule has 0 heterocycles. The highest BCUT2D eigenvalue weighted by atomic mass is 79.9. The predicted molar refractivity (Wildman–Crippen MR) is 64.7 cm³/mol. The molecule has 1 aromatic carbocycles. The second-order valence-corrected chi connectivity index (χ2v) is 3.92. The van der Waals surface area contributed by atoms with Gasteiger partial charge in [-0.05, 0) is 24.6 Å². The summed E-state index contributed by atoms with van der Waals surface area (Å²) in [7, 11) is 0. The summed E-state index contributed by atoms with van der Waals surface area (Å²) in [6.45, 7) is 1.76. The van der Waals surface area contributed by atoms with Crippen LogP contribution >= 0.6 is 15.9 Å². The standard InChI is InChI=1S/C12H10BrF2NO2/c1-2-18-12(17)9-4-7(11(14)15)3-8(6-16)10(9)5-13/h3-4,11H,2,5H2,1H3. The Kier molecular flexibility index (Phi) is 5.23. The molecule has 0 aliphatic rings. The van der Waals surface area contributed by atoms with Crippen molar-refractivity contribution < 1.29 is 18.3 Å². The van der Waals surface area contributed by atoms with Crippen molar-refractivity contribution in [3.05, 3.63) is 34.4 Å². The van der Waals surface area contributed by atoms with E-state index >= 15 is 0 Å². The first-order valence-corrected chi connectivity index (χ1v) is 6.25. The Hall–Kier alpha value is -1.48. The Morgan fingerprint density at radius 1 is 1.56 bits per heavy atom. The second kappa shape index (κ2) is 6.45. The normalized spacial score (nSPS) is 10.2. The maximum atomic E-state index is 12.7. The molecule has 0 unspecified atom stereocenters. The van der Waals surface area contributed by atoms with Crippen LogP contribution < -0.4 is 0 Å². The average molecular weight is 318 g/mol. The highest BCUT2D eigenvalue weighted by Gasteiger charge is 2.20. The second-order valence-electron chi connectivity index (χ2n) is 3.36. The maximum Gasteiger partial charge on any atom is 0.338 e. The molecule has 0 saturated carbocycles. The van der Waals surface area contributed by atoms with E-state index < -0.39 is 12.4 Å². The van der Waals surface area contributed by atoms with Crippen molar-refractivity contribution in [2.45, 2.75) is 18.7 Å². The zero-order valence-corrected chi connectivity index (χ0v) is 11.1. The van der Waals surface area contributed by atoms with Gasteiger partial charge in [0, 0.05) is 10.9 Å². The predicted octanol–water partition coefficient (Wildman–Crippen LogP) is 3.57. The minimum absolute atomic E-state index is 0.00285. The summed E-state index contributed by atoms with van der Waals surface area (Å²) in [5.41, 5.74) is 0.0513. The van der Waals surface area contributed by atoms with Crippen molar-refractivity contribution in [1.82, 2.24) is 0 Å². The number of carbonyl (C=O) groups is 1. The summed E-state index contributed by atoms with van der Waals surface area (Å²) >= 11 is 3.13. The van der Waals surface area contributed by atoms with Crippen LogP contribution in [0.4, 0.5) is 8.78 Å². The summed E-state index contributed by atoms with van der Waals surface area (Å²) in [6, 6.07) is 3.96. The molecule has 3 nitrogen and oxygen atoms in total. The Bertz CT molecular complexity index is 498.